The van der Waals surface area contributed by atoms with Crippen molar-refractivity contribution < 1.29 is 9.18 Å². The zero-order valence-corrected chi connectivity index (χ0v) is 15.9. The maximum atomic E-state index is 13.2. The fourth-order valence-corrected chi connectivity index (χ4v) is 3.12. The van der Waals surface area contributed by atoms with E-state index in [9.17, 15) is 9.18 Å². The predicted octanol–water partition coefficient (Wildman–Crippen LogP) is 3.57. The van der Waals surface area contributed by atoms with Crippen LogP contribution in [0.15, 0.2) is 48.8 Å². The lowest BCUT2D eigenvalue weighted by Crippen LogP contribution is -2.24. The maximum Gasteiger partial charge on any atom is 0.251 e. The number of nitrogens with zero attached hydrogens (tertiary/aromatic N) is 4. The summed E-state index contributed by atoms with van der Waals surface area (Å²) in [5.41, 5.74) is 2.65. The summed E-state index contributed by atoms with van der Waals surface area (Å²) in [6, 6.07) is 10.9. The molecule has 0 aliphatic carbocycles. The highest BCUT2D eigenvalue weighted by Crippen LogP contribution is 2.27. The minimum Gasteiger partial charge on any atom is -0.352 e. The molecule has 146 valence electrons. The highest BCUT2D eigenvalue weighted by atomic mass is 35.5. The second-order valence-electron chi connectivity index (χ2n) is 6.37. The molecule has 0 saturated heterocycles. The van der Waals surface area contributed by atoms with Crippen molar-refractivity contribution in [3.63, 3.8) is 0 Å². The standard InChI is InChI=1S/C20H16ClFN6O/c21-19-18(12-3-6-14(22)7-4-12)26-16-10-13(5-8-15(16)27-19)20(29)23-9-1-2-17-24-11-25-28-17/h3-8,10-11H,1-2,9H2,(H,23,29)(H,24,25,28). The Hall–Kier alpha value is -3.39. The van der Waals surface area contributed by atoms with E-state index in [0.29, 0.717) is 40.8 Å². The van der Waals surface area contributed by atoms with Crippen LogP contribution < -0.4 is 5.32 Å². The number of amides is 1. The lowest BCUT2D eigenvalue weighted by Gasteiger charge is -2.08. The van der Waals surface area contributed by atoms with Gasteiger partial charge in [0.15, 0.2) is 5.15 Å². The highest BCUT2D eigenvalue weighted by molar-refractivity contribution is 6.32. The Labute approximate surface area is 170 Å². The number of aromatic amines is 1. The molecule has 0 bridgehead atoms. The van der Waals surface area contributed by atoms with Gasteiger partial charge in [0, 0.05) is 24.1 Å². The van der Waals surface area contributed by atoms with Crippen molar-refractivity contribution in [2.75, 3.05) is 6.54 Å². The van der Waals surface area contributed by atoms with Gasteiger partial charge >= 0.3 is 0 Å². The first-order chi connectivity index (χ1) is 14.1. The number of rotatable bonds is 6. The quantitative estimate of drug-likeness (QED) is 0.474. The van der Waals surface area contributed by atoms with E-state index < -0.39 is 0 Å². The molecule has 7 nitrogen and oxygen atoms in total. The molecule has 0 unspecified atom stereocenters. The van der Waals surface area contributed by atoms with E-state index in [1.165, 1.54) is 18.5 Å². The zero-order chi connectivity index (χ0) is 20.2. The van der Waals surface area contributed by atoms with Crippen LogP contribution in [0.5, 0.6) is 0 Å². The smallest absolute Gasteiger partial charge is 0.251 e. The molecule has 0 aliphatic heterocycles. The lowest BCUT2D eigenvalue weighted by atomic mass is 10.1. The second kappa shape index (κ2) is 8.32. The average Bonchev–Trinajstić information content (AvgIpc) is 3.24. The van der Waals surface area contributed by atoms with E-state index >= 15 is 0 Å². The fourth-order valence-electron chi connectivity index (χ4n) is 2.88. The highest BCUT2D eigenvalue weighted by Gasteiger charge is 2.12. The molecule has 0 saturated carbocycles. The fraction of sp³-hybridized carbons (Fsp3) is 0.150. The van der Waals surface area contributed by atoms with E-state index in [1.807, 2.05) is 0 Å². The van der Waals surface area contributed by atoms with Gasteiger partial charge in [0.05, 0.1) is 11.0 Å². The Kier molecular flexibility index (Phi) is 5.44. The third kappa shape index (κ3) is 4.38. The molecule has 4 aromatic rings. The molecule has 0 radical (unpaired) electrons. The molecule has 4 rings (SSSR count). The van der Waals surface area contributed by atoms with Crippen molar-refractivity contribution in [1.29, 1.82) is 0 Å². The molecule has 2 aromatic carbocycles. The lowest BCUT2D eigenvalue weighted by molar-refractivity contribution is 0.0953. The summed E-state index contributed by atoms with van der Waals surface area (Å²) in [6.45, 7) is 0.505. The van der Waals surface area contributed by atoms with Crippen LogP contribution in [0.25, 0.3) is 22.3 Å². The maximum absolute atomic E-state index is 13.2. The molecule has 0 spiro atoms. The Balaban J connectivity index is 1.50. The zero-order valence-electron chi connectivity index (χ0n) is 15.2. The predicted molar refractivity (Wildman–Crippen MR) is 107 cm³/mol. The van der Waals surface area contributed by atoms with Crippen LogP contribution in [-0.4, -0.2) is 37.6 Å². The third-order valence-electron chi connectivity index (χ3n) is 4.34. The molecule has 29 heavy (non-hydrogen) atoms. The van der Waals surface area contributed by atoms with Gasteiger partial charge in [-0.2, -0.15) is 0 Å². The van der Waals surface area contributed by atoms with Crippen molar-refractivity contribution in [3.05, 3.63) is 71.2 Å². The largest absolute Gasteiger partial charge is 0.352 e. The molecular weight excluding hydrogens is 395 g/mol. The number of aryl methyl sites for hydroxylation is 1. The summed E-state index contributed by atoms with van der Waals surface area (Å²) in [5, 5.41) is 10.7. The van der Waals surface area contributed by atoms with Gasteiger partial charge < -0.3 is 10.3 Å². The molecule has 2 aromatic heterocycles. The summed E-state index contributed by atoms with van der Waals surface area (Å²) in [6.07, 6.45) is 2.96. The Morgan fingerprint density at radius 2 is 1.93 bits per heavy atom. The number of carbonyl (C=O) groups is 1. The van der Waals surface area contributed by atoms with Crippen LogP contribution in [-0.2, 0) is 6.42 Å². The van der Waals surface area contributed by atoms with Gasteiger partial charge in [0.25, 0.3) is 5.91 Å². The number of H-pyrrole nitrogens is 1. The molecule has 0 aliphatic rings. The van der Waals surface area contributed by atoms with Crippen LogP contribution in [0, 0.1) is 5.82 Å². The molecule has 1 amide bonds. The van der Waals surface area contributed by atoms with Gasteiger partial charge in [-0.3, -0.25) is 4.79 Å². The Bertz CT molecular complexity index is 1150. The van der Waals surface area contributed by atoms with Gasteiger partial charge in [-0.25, -0.2) is 14.4 Å². The van der Waals surface area contributed by atoms with Gasteiger partial charge in [-0.05, 0) is 48.9 Å². The summed E-state index contributed by atoms with van der Waals surface area (Å²) in [7, 11) is 0. The number of fused-ring (bicyclic) bond motifs is 1. The topological polar surface area (TPSA) is 96.5 Å². The molecule has 2 N–H and O–H groups in total. The first-order valence-electron chi connectivity index (χ1n) is 8.96. The van der Waals surface area contributed by atoms with Crippen LogP contribution in [0.1, 0.15) is 22.6 Å². The Morgan fingerprint density at radius 1 is 1.10 bits per heavy atom. The molecule has 0 fully saturated rings. The Morgan fingerprint density at radius 3 is 2.69 bits per heavy atom. The SMILES string of the molecule is O=C(NCCCc1nnc[nH]1)c1ccc2nc(Cl)c(-c3ccc(F)cc3)nc2c1. The first-order valence-corrected chi connectivity index (χ1v) is 9.34. The van der Waals surface area contributed by atoms with Gasteiger partial charge in [0.2, 0.25) is 0 Å². The second-order valence-corrected chi connectivity index (χ2v) is 6.73. The summed E-state index contributed by atoms with van der Waals surface area (Å²) in [5.74, 6) is 0.232. The van der Waals surface area contributed by atoms with Crippen molar-refractivity contribution in [3.8, 4) is 11.3 Å². The number of aromatic nitrogens is 5. The van der Waals surface area contributed by atoms with Crippen molar-refractivity contribution in [2.24, 2.45) is 0 Å². The summed E-state index contributed by atoms with van der Waals surface area (Å²) < 4.78 is 13.2. The van der Waals surface area contributed by atoms with E-state index in [2.05, 4.69) is 30.5 Å². The van der Waals surface area contributed by atoms with Crippen LogP contribution in [0.4, 0.5) is 4.39 Å². The third-order valence-corrected chi connectivity index (χ3v) is 4.61. The minimum absolute atomic E-state index is 0.204. The normalized spacial score (nSPS) is 11.0. The van der Waals surface area contributed by atoms with E-state index in [-0.39, 0.29) is 16.9 Å². The van der Waals surface area contributed by atoms with E-state index in [0.717, 1.165) is 12.2 Å². The monoisotopic (exact) mass is 410 g/mol. The molecule has 2 heterocycles. The van der Waals surface area contributed by atoms with Crippen LogP contribution in [0.3, 0.4) is 0 Å². The van der Waals surface area contributed by atoms with Crippen LogP contribution >= 0.6 is 11.6 Å². The number of halogens is 2. The van der Waals surface area contributed by atoms with Gasteiger partial charge in [-0.15, -0.1) is 10.2 Å². The molecule has 0 atom stereocenters. The number of nitrogens with one attached hydrogen (secondary N) is 2. The van der Waals surface area contributed by atoms with E-state index in [4.69, 9.17) is 11.6 Å². The van der Waals surface area contributed by atoms with Crippen molar-refractivity contribution in [1.82, 2.24) is 30.5 Å². The van der Waals surface area contributed by atoms with E-state index in [1.54, 1.807) is 30.3 Å². The van der Waals surface area contributed by atoms with Crippen molar-refractivity contribution in [2.45, 2.75) is 12.8 Å². The minimum atomic E-state index is -0.346. The van der Waals surface area contributed by atoms with Gasteiger partial charge in [-0.1, -0.05) is 11.6 Å². The number of benzene rings is 2. The molecular formula is C20H16ClFN6O. The van der Waals surface area contributed by atoms with Crippen molar-refractivity contribution >= 4 is 28.5 Å². The first kappa shape index (κ1) is 18.9. The average molecular weight is 411 g/mol. The van der Waals surface area contributed by atoms with Crippen LogP contribution in [0.2, 0.25) is 5.15 Å². The summed E-state index contributed by atoms with van der Waals surface area (Å²) in [4.78, 5) is 24.2. The van der Waals surface area contributed by atoms with Gasteiger partial charge in [0.1, 0.15) is 23.7 Å². The number of hydrogen-bond acceptors (Lipinski definition) is 5. The number of hydrogen-bond donors (Lipinski definition) is 2. The molecule has 9 heteroatoms. The number of carbonyl (C=O) groups excluding carboxylic acids is 1. The summed E-state index contributed by atoms with van der Waals surface area (Å²) >= 11 is 6.25.